The van der Waals surface area contributed by atoms with E-state index >= 15 is 0 Å². The number of carbonyl (C=O) groups is 1. The quantitative estimate of drug-likeness (QED) is 0.697. The zero-order chi connectivity index (χ0) is 19.6. The van der Waals surface area contributed by atoms with Gasteiger partial charge in [0.1, 0.15) is 18.3 Å². The van der Waals surface area contributed by atoms with Gasteiger partial charge in [-0.15, -0.1) is 0 Å². The first-order chi connectivity index (χ1) is 12.9. The average molecular weight is 368 g/mol. The SMILES string of the molecule is Cc1ccc([C@@H](CNC(=O)Cn2cnc3c(cnn3C)c2=O)N(C)C)cc1. The Balaban J connectivity index is 1.69. The monoisotopic (exact) mass is 368 g/mol. The summed E-state index contributed by atoms with van der Waals surface area (Å²) in [6, 6.07) is 8.29. The second-order valence-corrected chi connectivity index (χ2v) is 6.88. The summed E-state index contributed by atoms with van der Waals surface area (Å²) in [6.45, 7) is 2.41. The first kappa shape index (κ1) is 18.8. The number of nitrogens with one attached hydrogen (secondary N) is 1. The smallest absolute Gasteiger partial charge is 0.264 e. The van der Waals surface area contributed by atoms with Crippen molar-refractivity contribution in [1.29, 1.82) is 0 Å². The number of likely N-dealkylation sites (N-methyl/N-ethyl adjacent to an activating group) is 1. The van der Waals surface area contributed by atoms with Crippen LogP contribution < -0.4 is 10.9 Å². The van der Waals surface area contributed by atoms with Crippen molar-refractivity contribution in [3.05, 3.63) is 58.3 Å². The Hall–Kier alpha value is -3.00. The van der Waals surface area contributed by atoms with Crippen LogP contribution in [-0.4, -0.2) is 50.8 Å². The molecular weight excluding hydrogens is 344 g/mol. The number of aryl methyl sites for hydroxylation is 2. The van der Waals surface area contributed by atoms with Gasteiger partial charge in [0.05, 0.1) is 12.2 Å². The third kappa shape index (κ3) is 4.06. The van der Waals surface area contributed by atoms with Crippen molar-refractivity contribution in [2.24, 2.45) is 7.05 Å². The van der Waals surface area contributed by atoms with Crippen LogP contribution in [0.4, 0.5) is 0 Å². The molecule has 0 aliphatic carbocycles. The minimum absolute atomic E-state index is 0.0465. The molecule has 0 aliphatic rings. The molecule has 8 heteroatoms. The van der Waals surface area contributed by atoms with Gasteiger partial charge < -0.3 is 10.2 Å². The molecule has 2 heterocycles. The van der Waals surface area contributed by atoms with Gasteiger partial charge in [0.2, 0.25) is 5.91 Å². The Morgan fingerprint density at radius 2 is 1.96 bits per heavy atom. The van der Waals surface area contributed by atoms with Crippen LogP contribution in [0, 0.1) is 6.92 Å². The summed E-state index contributed by atoms with van der Waals surface area (Å²) >= 11 is 0. The average Bonchev–Trinajstić information content (AvgIpc) is 3.00. The van der Waals surface area contributed by atoms with Crippen molar-refractivity contribution in [3.8, 4) is 0 Å². The molecular formula is C19H24N6O2. The molecule has 1 amide bonds. The zero-order valence-corrected chi connectivity index (χ0v) is 16.0. The first-order valence-corrected chi connectivity index (χ1v) is 8.73. The van der Waals surface area contributed by atoms with Gasteiger partial charge in [-0.1, -0.05) is 29.8 Å². The molecule has 3 aromatic rings. The highest BCUT2D eigenvalue weighted by molar-refractivity contribution is 5.77. The van der Waals surface area contributed by atoms with E-state index in [1.165, 1.54) is 27.3 Å². The predicted octanol–water partition coefficient (Wildman–Crippen LogP) is 0.858. The molecule has 1 aromatic carbocycles. The van der Waals surface area contributed by atoms with E-state index < -0.39 is 0 Å². The summed E-state index contributed by atoms with van der Waals surface area (Å²) in [4.78, 5) is 31.1. The van der Waals surface area contributed by atoms with Crippen molar-refractivity contribution in [2.75, 3.05) is 20.6 Å². The van der Waals surface area contributed by atoms with Gasteiger partial charge in [-0.2, -0.15) is 5.10 Å². The topological polar surface area (TPSA) is 85.0 Å². The molecule has 2 aromatic heterocycles. The molecule has 0 unspecified atom stereocenters. The molecule has 0 saturated heterocycles. The van der Waals surface area contributed by atoms with Crippen molar-refractivity contribution >= 4 is 16.9 Å². The fourth-order valence-corrected chi connectivity index (χ4v) is 2.99. The van der Waals surface area contributed by atoms with E-state index in [9.17, 15) is 9.59 Å². The molecule has 8 nitrogen and oxygen atoms in total. The lowest BCUT2D eigenvalue weighted by atomic mass is 10.0. The van der Waals surface area contributed by atoms with E-state index in [0.29, 0.717) is 17.6 Å². The van der Waals surface area contributed by atoms with Crippen molar-refractivity contribution in [3.63, 3.8) is 0 Å². The van der Waals surface area contributed by atoms with Gasteiger partial charge in [0.15, 0.2) is 5.65 Å². The Bertz CT molecular complexity index is 1000. The predicted molar refractivity (Wildman–Crippen MR) is 103 cm³/mol. The molecule has 0 saturated carbocycles. The zero-order valence-electron chi connectivity index (χ0n) is 16.0. The van der Waals surface area contributed by atoms with Gasteiger partial charge in [-0.3, -0.25) is 18.8 Å². The standard InChI is InChI=1S/C19H24N6O2/c1-13-5-7-14(8-6-13)16(23(2)3)10-20-17(26)11-25-12-21-18-15(19(25)27)9-22-24(18)4/h5-9,12,16H,10-11H2,1-4H3,(H,20,26)/t16-/m1/s1. The van der Waals surface area contributed by atoms with Gasteiger partial charge in [0.25, 0.3) is 5.56 Å². The van der Waals surface area contributed by atoms with E-state index in [2.05, 4.69) is 44.6 Å². The largest absolute Gasteiger partial charge is 0.353 e. The van der Waals surface area contributed by atoms with Gasteiger partial charge in [-0.25, -0.2) is 4.98 Å². The Morgan fingerprint density at radius 3 is 2.63 bits per heavy atom. The number of benzene rings is 1. The third-order valence-corrected chi connectivity index (χ3v) is 4.61. The Labute approximate surface area is 157 Å². The fraction of sp³-hybridized carbons (Fsp3) is 0.368. The maximum absolute atomic E-state index is 12.5. The van der Waals surface area contributed by atoms with Crippen LogP contribution >= 0.6 is 0 Å². The Morgan fingerprint density at radius 1 is 1.26 bits per heavy atom. The van der Waals surface area contributed by atoms with Gasteiger partial charge >= 0.3 is 0 Å². The lowest BCUT2D eigenvalue weighted by Crippen LogP contribution is -2.37. The normalized spacial score (nSPS) is 12.5. The number of hydrogen-bond acceptors (Lipinski definition) is 5. The number of carbonyl (C=O) groups excluding carboxylic acids is 1. The molecule has 0 radical (unpaired) electrons. The second-order valence-electron chi connectivity index (χ2n) is 6.88. The van der Waals surface area contributed by atoms with E-state index in [1.54, 1.807) is 7.05 Å². The maximum atomic E-state index is 12.5. The van der Waals surface area contributed by atoms with E-state index in [1.807, 2.05) is 21.0 Å². The molecule has 0 bridgehead atoms. The number of hydrogen-bond donors (Lipinski definition) is 1. The minimum atomic E-state index is -0.272. The number of fused-ring (bicyclic) bond motifs is 1. The van der Waals surface area contributed by atoms with Crippen LogP contribution in [0.2, 0.25) is 0 Å². The molecule has 3 rings (SSSR count). The number of rotatable bonds is 6. The Kier molecular flexibility index (Phi) is 5.36. The summed E-state index contributed by atoms with van der Waals surface area (Å²) < 4.78 is 2.83. The molecule has 1 atom stereocenters. The van der Waals surface area contributed by atoms with E-state index in [0.717, 1.165) is 5.56 Å². The van der Waals surface area contributed by atoms with Crippen LogP contribution in [0.15, 0.2) is 41.6 Å². The molecule has 27 heavy (non-hydrogen) atoms. The van der Waals surface area contributed by atoms with Crippen LogP contribution in [0.5, 0.6) is 0 Å². The van der Waals surface area contributed by atoms with E-state index in [4.69, 9.17) is 0 Å². The van der Waals surface area contributed by atoms with Crippen LogP contribution in [0.25, 0.3) is 11.0 Å². The van der Waals surface area contributed by atoms with Crippen LogP contribution in [-0.2, 0) is 18.4 Å². The van der Waals surface area contributed by atoms with Crippen molar-refractivity contribution < 1.29 is 4.79 Å². The molecule has 0 fully saturated rings. The number of nitrogens with zero attached hydrogens (tertiary/aromatic N) is 5. The second kappa shape index (κ2) is 7.71. The fourth-order valence-electron chi connectivity index (χ4n) is 2.99. The number of aromatic nitrogens is 4. The van der Waals surface area contributed by atoms with Crippen LogP contribution in [0.3, 0.4) is 0 Å². The molecule has 1 N–H and O–H groups in total. The molecule has 0 spiro atoms. The lowest BCUT2D eigenvalue weighted by molar-refractivity contribution is -0.121. The van der Waals surface area contributed by atoms with Gasteiger partial charge in [0, 0.05) is 13.6 Å². The van der Waals surface area contributed by atoms with Crippen molar-refractivity contribution in [1.82, 2.24) is 29.5 Å². The minimum Gasteiger partial charge on any atom is -0.353 e. The van der Waals surface area contributed by atoms with Crippen LogP contribution in [0.1, 0.15) is 17.2 Å². The highest BCUT2D eigenvalue weighted by Crippen LogP contribution is 2.17. The molecule has 142 valence electrons. The van der Waals surface area contributed by atoms with E-state index in [-0.39, 0.29) is 24.1 Å². The summed E-state index contributed by atoms with van der Waals surface area (Å²) in [5.74, 6) is -0.235. The molecule has 0 aliphatic heterocycles. The third-order valence-electron chi connectivity index (χ3n) is 4.61. The van der Waals surface area contributed by atoms with Gasteiger partial charge in [-0.05, 0) is 26.6 Å². The summed E-state index contributed by atoms with van der Waals surface area (Å²) in [5, 5.41) is 7.35. The highest BCUT2D eigenvalue weighted by atomic mass is 16.2. The first-order valence-electron chi connectivity index (χ1n) is 8.73. The maximum Gasteiger partial charge on any atom is 0.264 e. The summed E-state index contributed by atoms with van der Waals surface area (Å²) in [5.41, 5.74) is 2.55. The number of amides is 1. The lowest BCUT2D eigenvalue weighted by Gasteiger charge is -2.25. The summed E-state index contributed by atoms with van der Waals surface area (Å²) in [7, 11) is 5.67. The summed E-state index contributed by atoms with van der Waals surface area (Å²) in [6.07, 6.45) is 2.86. The highest BCUT2D eigenvalue weighted by Gasteiger charge is 2.16. The van der Waals surface area contributed by atoms with Crippen molar-refractivity contribution in [2.45, 2.75) is 19.5 Å².